The van der Waals surface area contributed by atoms with Crippen molar-refractivity contribution in [1.82, 2.24) is 0 Å². The molecule has 0 spiro atoms. The fourth-order valence-electron chi connectivity index (χ4n) is 4.48. The number of fused-ring (bicyclic) bond motifs is 1. The van der Waals surface area contributed by atoms with Crippen LogP contribution in [0, 0.1) is 0 Å². The molecular weight excluding hydrogens is 326 g/mol. The van der Waals surface area contributed by atoms with Crippen LogP contribution >= 0.6 is 0 Å². The minimum Gasteiger partial charge on any atom is -0.291 e. The van der Waals surface area contributed by atoms with Gasteiger partial charge >= 0.3 is 0 Å². The second-order valence-electron chi connectivity index (χ2n) is 6.98. The van der Waals surface area contributed by atoms with Crippen molar-refractivity contribution >= 4 is 11.3 Å². The lowest BCUT2D eigenvalue weighted by molar-refractivity contribution is 0.819. The van der Waals surface area contributed by atoms with E-state index in [2.05, 4.69) is 98.0 Å². The number of allylic oxidation sites excluding steroid dienone is 8. The number of aliphatic imine (C=N–C) groups is 1. The molecule has 0 N–H and O–H groups in total. The molecular formula is C26H25N. The summed E-state index contributed by atoms with van der Waals surface area (Å²) in [6, 6.07) is 19.6. The number of nitrogens with zero attached hydrogens (tertiary/aromatic N) is 1. The number of rotatable bonds is 3. The molecule has 0 bridgehead atoms. The van der Waals surface area contributed by atoms with Gasteiger partial charge in [0.25, 0.3) is 0 Å². The molecule has 2 aliphatic carbocycles. The Bertz CT molecular complexity index is 986. The third-order valence-electron chi connectivity index (χ3n) is 5.55. The summed E-state index contributed by atoms with van der Waals surface area (Å²) in [7, 11) is 1.93. The highest BCUT2D eigenvalue weighted by Crippen LogP contribution is 2.52. The smallest absolute Gasteiger partial charge is 0.0878 e. The summed E-state index contributed by atoms with van der Waals surface area (Å²) >= 11 is 0. The molecule has 4 rings (SSSR count). The second-order valence-corrected chi connectivity index (χ2v) is 6.98. The van der Waals surface area contributed by atoms with Crippen LogP contribution in [-0.2, 0) is 5.41 Å². The third-order valence-corrected chi connectivity index (χ3v) is 5.55. The van der Waals surface area contributed by atoms with Gasteiger partial charge in [0.15, 0.2) is 0 Å². The second kappa shape index (κ2) is 7.36. The van der Waals surface area contributed by atoms with Crippen molar-refractivity contribution in [1.29, 1.82) is 0 Å². The Labute approximate surface area is 162 Å². The first-order chi connectivity index (χ1) is 13.3. The van der Waals surface area contributed by atoms with Crippen LogP contribution in [0.5, 0.6) is 0 Å². The molecule has 0 saturated carbocycles. The monoisotopic (exact) mass is 351 g/mol. The fourth-order valence-corrected chi connectivity index (χ4v) is 4.48. The van der Waals surface area contributed by atoms with Crippen molar-refractivity contribution in [2.75, 3.05) is 7.05 Å². The van der Waals surface area contributed by atoms with Gasteiger partial charge in [0, 0.05) is 12.6 Å². The fraction of sp³-hybridized carbons (Fsp3) is 0.192. The molecule has 134 valence electrons. The molecule has 0 radical (unpaired) electrons. The first-order valence-corrected chi connectivity index (χ1v) is 9.67. The van der Waals surface area contributed by atoms with Gasteiger partial charge in [-0.2, -0.15) is 0 Å². The topological polar surface area (TPSA) is 12.4 Å². The van der Waals surface area contributed by atoms with Gasteiger partial charge in [-0.05, 0) is 42.0 Å². The summed E-state index contributed by atoms with van der Waals surface area (Å²) < 4.78 is 0. The van der Waals surface area contributed by atoms with Gasteiger partial charge in [0.05, 0.1) is 11.1 Å². The Morgan fingerprint density at radius 2 is 1.74 bits per heavy atom. The summed E-state index contributed by atoms with van der Waals surface area (Å²) in [5.41, 5.74) is 7.21. The lowest BCUT2D eigenvalue weighted by Gasteiger charge is -2.34. The van der Waals surface area contributed by atoms with Crippen LogP contribution in [-0.4, -0.2) is 12.8 Å². The zero-order valence-corrected chi connectivity index (χ0v) is 16.0. The molecule has 0 heterocycles. The maximum Gasteiger partial charge on any atom is 0.0878 e. The minimum atomic E-state index is -0.350. The molecule has 1 atom stereocenters. The highest BCUT2D eigenvalue weighted by atomic mass is 14.7. The summed E-state index contributed by atoms with van der Waals surface area (Å²) in [4.78, 5) is 4.88. The van der Waals surface area contributed by atoms with E-state index in [1.165, 1.54) is 27.8 Å². The Hall–Kier alpha value is -2.93. The van der Waals surface area contributed by atoms with Crippen molar-refractivity contribution in [2.24, 2.45) is 4.99 Å². The van der Waals surface area contributed by atoms with Gasteiger partial charge in [0.1, 0.15) is 0 Å². The Morgan fingerprint density at radius 3 is 2.44 bits per heavy atom. The highest BCUT2D eigenvalue weighted by molar-refractivity contribution is 6.35. The van der Waals surface area contributed by atoms with E-state index < -0.39 is 0 Å². The predicted molar refractivity (Wildman–Crippen MR) is 116 cm³/mol. The average molecular weight is 351 g/mol. The molecule has 1 heteroatoms. The van der Waals surface area contributed by atoms with Crippen LogP contribution in [0.3, 0.4) is 0 Å². The normalized spacial score (nSPS) is 24.6. The van der Waals surface area contributed by atoms with Gasteiger partial charge < -0.3 is 0 Å². The number of hydrogen-bond donors (Lipinski definition) is 0. The Morgan fingerprint density at radius 1 is 0.963 bits per heavy atom. The van der Waals surface area contributed by atoms with Gasteiger partial charge in [-0.3, -0.25) is 4.99 Å². The zero-order valence-electron chi connectivity index (χ0n) is 16.0. The molecule has 0 amide bonds. The van der Waals surface area contributed by atoms with Crippen molar-refractivity contribution in [3.63, 3.8) is 0 Å². The van der Waals surface area contributed by atoms with E-state index in [-0.39, 0.29) is 5.41 Å². The van der Waals surface area contributed by atoms with Crippen molar-refractivity contribution in [2.45, 2.75) is 25.2 Å². The molecule has 0 fully saturated rings. The van der Waals surface area contributed by atoms with E-state index in [0.717, 1.165) is 18.6 Å². The third kappa shape index (κ3) is 2.66. The quantitative estimate of drug-likeness (QED) is 0.616. The van der Waals surface area contributed by atoms with Gasteiger partial charge in [-0.25, -0.2) is 0 Å². The average Bonchev–Trinajstić information content (AvgIpc) is 3.04. The zero-order chi connectivity index (χ0) is 18.7. The van der Waals surface area contributed by atoms with Crippen LogP contribution < -0.4 is 0 Å². The van der Waals surface area contributed by atoms with Crippen molar-refractivity contribution in [3.8, 4) is 0 Å². The van der Waals surface area contributed by atoms with E-state index >= 15 is 0 Å². The predicted octanol–water partition coefficient (Wildman–Crippen LogP) is 6.29. The minimum absolute atomic E-state index is 0.350. The largest absolute Gasteiger partial charge is 0.291 e. The van der Waals surface area contributed by atoms with Crippen LogP contribution in [0.25, 0.3) is 5.57 Å². The van der Waals surface area contributed by atoms with Crippen LogP contribution in [0.1, 0.15) is 36.5 Å². The molecule has 1 nitrogen and oxygen atoms in total. The number of hydrogen-bond acceptors (Lipinski definition) is 1. The van der Waals surface area contributed by atoms with Crippen LogP contribution in [0.15, 0.2) is 102 Å². The van der Waals surface area contributed by atoms with Crippen LogP contribution in [0.2, 0.25) is 0 Å². The van der Waals surface area contributed by atoms with E-state index in [1.54, 1.807) is 0 Å². The SMILES string of the molecule is C\C=C/C=C1\C(=N/C)C(C2=CCCC=C2)(c2ccccc2)c2ccccc21. The molecule has 0 saturated heterocycles. The first-order valence-electron chi connectivity index (χ1n) is 9.67. The Balaban J connectivity index is 2.12. The molecule has 0 aromatic heterocycles. The molecule has 2 aromatic carbocycles. The summed E-state index contributed by atoms with van der Waals surface area (Å²) in [6.45, 7) is 2.05. The van der Waals surface area contributed by atoms with Crippen LogP contribution in [0.4, 0.5) is 0 Å². The van der Waals surface area contributed by atoms with Gasteiger partial charge in [-0.15, -0.1) is 0 Å². The lowest BCUT2D eigenvalue weighted by atomic mass is 9.67. The van der Waals surface area contributed by atoms with E-state index in [9.17, 15) is 0 Å². The van der Waals surface area contributed by atoms with Gasteiger partial charge in [0.2, 0.25) is 0 Å². The highest BCUT2D eigenvalue weighted by Gasteiger charge is 2.49. The van der Waals surface area contributed by atoms with E-state index in [4.69, 9.17) is 4.99 Å². The lowest BCUT2D eigenvalue weighted by Crippen LogP contribution is -2.35. The number of benzene rings is 2. The molecule has 0 aliphatic heterocycles. The molecule has 2 aliphatic rings. The summed E-state index contributed by atoms with van der Waals surface area (Å²) in [6.07, 6.45) is 15.6. The standard InChI is InChI=1S/C26H25N/c1-3-4-17-23-22-18-11-12-19-24(22)26(25(23)27-2,20-13-7-5-8-14-20)21-15-9-6-10-16-21/h3-5,7-9,11-19H,6,10H2,1-2H3/b4-3-,23-17-,27-25+. The van der Waals surface area contributed by atoms with Crippen molar-refractivity contribution < 1.29 is 0 Å². The molecule has 2 aromatic rings. The van der Waals surface area contributed by atoms with Gasteiger partial charge in [-0.1, -0.05) is 91.1 Å². The van der Waals surface area contributed by atoms with E-state index in [1.807, 2.05) is 7.05 Å². The summed E-state index contributed by atoms with van der Waals surface area (Å²) in [5.74, 6) is 0. The van der Waals surface area contributed by atoms with Crippen molar-refractivity contribution in [3.05, 3.63) is 113 Å². The summed E-state index contributed by atoms with van der Waals surface area (Å²) in [5, 5.41) is 0. The van der Waals surface area contributed by atoms with E-state index in [0.29, 0.717) is 0 Å². The first kappa shape index (κ1) is 17.5. The molecule has 27 heavy (non-hydrogen) atoms. The Kier molecular flexibility index (Phi) is 4.77. The maximum absolute atomic E-state index is 4.88. The maximum atomic E-state index is 4.88. The molecule has 1 unspecified atom stereocenters.